The Morgan fingerprint density at radius 2 is 2.00 bits per heavy atom. The quantitative estimate of drug-likeness (QED) is 0.313. The maximum absolute atomic E-state index is 12.6. The Kier molecular flexibility index (Phi) is 5.96. The Morgan fingerprint density at radius 1 is 1.27 bits per heavy atom. The summed E-state index contributed by atoms with van der Waals surface area (Å²) < 4.78 is 5.91. The molecule has 0 heterocycles. The summed E-state index contributed by atoms with van der Waals surface area (Å²) in [5.74, 6) is 1.08. The molecule has 3 heteroatoms. The SMILES string of the molecule is CC1=CCC[C@@H]2[C@@]1(COC(=O)c1ccccc1)CC[C@@H](C)[C@@]2(C)CCBr. The zero-order chi connectivity index (χ0) is 18.8. The molecule has 0 saturated heterocycles. The molecule has 1 aromatic carbocycles. The van der Waals surface area contributed by atoms with Gasteiger partial charge in [-0.2, -0.15) is 0 Å². The number of allylic oxidation sites excluding steroid dienone is 1. The van der Waals surface area contributed by atoms with Crippen molar-refractivity contribution < 1.29 is 9.53 Å². The summed E-state index contributed by atoms with van der Waals surface area (Å²) in [7, 11) is 0. The fraction of sp³-hybridized carbons (Fsp3) is 0.609. The minimum absolute atomic E-state index is 0.00607. The van der Waals surface area contributed by atoms with Gasteiger partial charge in [0.1, 0.15) is 6.61 Å². The number of hydrogen-bond donors (Lipinski definition) is 0. The van der Waals surface area contributed by atoms with Crippen LogP contribution in [0.4, 0.5) is 0 Å². The standard InChI is InChI=1S/C23H31BrO2/c1-17-12-13-23(16-26-21(25)19-9-5-4-6-10-19)18(2)8-7-11-20(23)22(17,3)14-15-24/h4-6,8-10,17,20H,7,11-16H2,1-3H3/t17-,20+,22-,23-/m1/s1. The van der Waals surface area contributed by atoms with Crippen LogP contribution in [0.15, 0.2) is 42.0 Å². The molecule has 2 nitrogen and oxygen atoms in total. The third-order valence-electron chi connectivity index (χ3n) is 7.41. The normalized spacial score (nSPS) is 33.9. The van der Waals surface area contributed by atoms with Crippen molar-refractivity contribution in [2.75, 3.05) is 11.9 Å². The van der Waals surface area contributed by atoms with E-state index in [4.69, 9.17) is 4.74 Å². The number of carbonyl (C=O) groups is 1. The van der Waals surface area contributed by atoms with Crippen molar-refractivity contribution in [2.24, 2.45) is 22.7 Å². The van der Waals surface area contributed by atoms with Crippen molar-refractivity contribution in [2.45, 2.75) is 52.9 Å². The lowest BCUT2D eigenvalue weighted by atomic mass is 9.47. The van der Waals surface area contributed by atoms with E-state index >= 15 is 0 Å². The summed E-state index contributed by atoms with van der Waals surface area (Å²) in [6.07, 6.45) is 8.25. The van der Waals surface area contributed by atoms with Gasteiger partial charge in [0, 0.05) is 10.7 Å². The van der Waals surface area contributed by atoms with Crippen molar-refractivity contribution in [3.63, 3.8) is 0 Å². The fourth-order valence-corrected chi connectivity index (χ4v) is 6.32. The average molecular weight is 419 g/mol. The second-order valence-electron chi connectivity index (χ2n) is 8.50. The monoisotopic (exact) mass is 418 g/mol. The summed E-state index contributed by atoms with van der Waals surface area (Å²) in [5, 5.41) is 1.03. The van der Waals surface area contributed by atoms with Gasteiger partial charge in [0.25, 0.3) is 0 Å². The number of carbonyl (C=O) groups excluding carboxylic acids is 1. The number of hydrogen-bond acceptors (Lipinski definition) is 2. The van der Waals surface area contributed by atoms with Crippen LogP contribution in [0.5, 0.6) is 0 Å². The van der Waals surface area contributed by atoms with Crippen molar-refractivity contribution >= 4 is 21.9 Å². The van der Waals surface area contributed by atoms with Crippen LogP contribution in [-0.4, -0.2) is 17.9 Å². The zero-order valence-electron chi connectivity index (χ0n) is 16.3. The third-order valence-corrected chi connectivity index (χ3v) is 7.80. The fourth-order valence-electron chi connectivity index (χ4n) is 5.46. The lowest BCUT2D eigenvalue weighted by molar-refractivity contribution is -0.0803. The molecule has 26 heavy (non-hydrogen) atoms. The van der Waals surface area contributed by atoms with E-state index in [9.17, 15) is 4.79 Å². The largest absolute Gasteiger partial charge is 0.461 e. The predicted octanol–water partition coefficient (Wildman–Crippen LogP) is 6.41. The summed E-state index contributed by atoms with van der Waals surface area (Å²) in [4.78, 5) is 12.6. The van der Waals surface area contributed by atoms with Crippen LogP contribution in [0.3, 0.4) is 0 Å². The number of fused-ring (bicyclic) bond motifs is 1. The highest BCUT2D eigenvalue weighted by molar-refractivity contribution is 9.09. The molecule has 4 atom stereocenters. The Labute approximate surface area is 166 Å². The lowest BCUT2D eigenvalue weighted by Gasteiger charge is -2.58. The highest BCUT2D eigenvalue weighted by atomic mass is 79.9. The van der Waals surface area contributed by atoms with Gasteiger partial charge in [-0.3, -0.25) is 0 Å². The van der Waals surface area contributed by atoms with Gasteiger partial charge in [-0.25, -0.2) is 4.79 Å². The Hall–Kier alpha value is -1.09. The van der Waals surface area contributed by atoms with E-state index in [0.29, 0.717) is 24.0 Å². The first kappa shape index (κ1) is 19.7. The highest BCUT2D eigenvalue weighted by Gasteiger charge is 2.55. The van der Waals surface area contributed by atoms with E-state index in [1.807, 2.05) is 30.3 Å². The first-order chi connectivity index (χ1) is 12.4. The molecular formula is C23H31BrO2. The van der Waals surface area contributed by atoms with E-state index in [-0.39, 0.29) is 16.8 Å². The average Bonchev–Trinajstić information content (AvgIpc) is 2.65. The van der Waals surface area contributed by atoms with Gasteiger partial charge in [0.05, 0.1) is 5.56 Å². The molecule has 142 valence electrons. The summed E-state index contributed by atoms with van der Waals surface area (Å²) in [5.41, 5.74) is 2.37. The van der Waals surface area contributed by atoms with E-state index in [1.165, 1.54) is 24.8 Å². The van der Waals surface area contributed by atoms with Gasteiger partial charge in [-0.05, 0) is 68.4 Å². The van der Waals surface area contributed by atoms with Crippen LogP contribution in [0.2, 0.25) is 0 Å². The molecule has 1 aromatic rings. The minimum atomic E-state index is -0.196. The molecule has 1 fully saturated rings. The molecule has 0 unspecified atom stereocenters. The summed E-state index contributed by atoms with van der Waals surface area (Å²) in [6, 6.07) is 9.36. The maximum atomic E-state index is 12.6. The van der Waals surface area contributed by atoms with E-state index in [0.717, 1.165) is 18.2 Å². The summed E-state index contributed by atoms with van der Waals surface area (Å²) in [6.45, 7) is 7.65. The predicted molar refractivity (Wildman–Crippen MR) is 111 cm³/mol. The Bertz CT molecular complexity index is 668. The van der Waals surface area contributed by atoms with Gasteiger partial charge < -0.3 is 4.74 Å². The smallest absolute Gasteiger partial charge is 0.338 e. The molecule has 0 aliphatic heterocycles. The number of benzene rings is 1. The maximum Gasteiger partial charge on any atom is 0.338 e. The van der Waals surface area contributed by atoms with Crippen molar-refractivity contribution in [1.82, 2.24) is 0 Å². The van der Waals surface area contributed by atoms with Gasteiger partial charge >= 0.3 is 5.97 Å². The van der Waals surface area contributed by atoms with E-state index < -0.39 is 0 Å². The minimum Gasteiger partial charge on any atom is -0.461 e. The molecule has 1 saturated carbocycles. The van der Waals surface area contributed by atoms with Crippen LogP contribution in [0.1, 0.15) is 63.2 Å². The Balaban J connectivity index is 1.86. The van der Waals surface area contributed by atoms with E-state index in [2.05, 4.69) is 42.8 Å². The van der Waals surface area contributed by atoms with Crippen molar-refractivity contribution in [3.8, 4) is 0 Å². The van der Waals surface area contributed by atoms with Gasteiger partial charge in [0.15, 0.2) is 0 Å². The molecule has 0 N–H and O–H groups in total. The number of rotatable bonds is 5. The number of esters is 1. The van der Waals surface area contributed by atoms with Crippen molar-refractivity contribution in [3.05, 3.63) is 47.5 Å². The van der Waals surface area contributed by atoms with E-state index in [1.54, 1.807) is 0 Å². The molecule has 0 aromatic heterocycles. The zero-order valence-corrected chi connectivity index (χ0v) is 17.8. The molecule has 0 amide bonds. The second kappa shape index (κ2) is 7.88. The number of halogens is 1. The van der Waals surface area contributed by atoms with Crippen LogP contribution in [0, 0.1) is 22.7 Å². The van der Waals surface area contributed by atoms with Gasteiger partial charge in [-0.1, -0.05) is 59.6 Å². The first-order valence-corrected chi connectivity index (χ1v) is 11.0. The topological polar surface area (TPSA) is 26.3 Å². The highest BCUT2D eigenvalue weighted by Crippen LogP contribution is 2.61. The first-order valence-electron chi connectivity index (χ1n) is 9.89. The third kappa shape index (κ3) is 3.40. The molecule has 0 bridgehead atoms. The molecule has 2 aliphatic rings. The van der Waals surface area contributed by atoms with Crippen LogP contribution >= 0.6 is 15.9 Å². The van der Waals surface area contributed by atoms with Crippen LogP contribution in [0.25, 0.3) is 0 Å². The van der Waals surface area contributed by atoms with Crippen LogP contribution < -0.4 is 0 Å². The molecule has 3 rings (SSSR count). The molecular weight excluding hydrogens is 388 g/mol. The Morgan fingerprint density at radius 3 is 2.69 bits per heavy atom. The molecule has 0 spiro atoms. The lowest BCUT2D eigenvalue weighted by Crippen LogP contribution is -2.53. The second-order valence-corrected chi connectivity index (χ2v) is 9.29. The van der Waals surface area contributed by atoms with Gasteiger partial charge in [-0.15, -0.1) is 0 Å². The van der Waals surface area contributed by atoms with Crippen LogP contribution in [-0.2, 0) is 4.74 Å². The summed E-state index contributed by atoms with van der Waals surface area (Å²) >= 11 is 3.69. The molecule has 2 aliphatic carbocycles. The number of alkyl halides is 1. The van der Waals surface area contributed by atoms with Gasteiger partial charge in [0.2, 0.25) is 0 Å². The molecule has 0 radical (unpaired) electrons. The van der Waals surface area contributed by atoms with Crippen molar-refractivity contribution in [1.29, 1.82) is 0 Å². The number of ether oxygens (including phenoxy) is 1.